The number of nitrogen functional groups attached to an aromatic ring is 1. The number of pyridine rings is 1. The van der Waals surface area contributed by atoms with Crippen LogP contribution in [0.25, 0.3) is 0 Å². The van der Waals surface area contributed by atoms with Crippen molar-refractivity contribution in [3.8, 4) is 17.7 Å². The Hall–Kier alpha value is -2.75. The third kappa shape index (κ3) is 3.05. The number of para-hydroxylation sites is 1. The van der Waals surface area contributed by atoms with Gasteiger partial charge < -0.3 is 10.5 Å². The number of nitrogens with two attached hydrogens (primary N) is 1. The fourth-order valence-corrected chi connectivity index (χ4v) is 1.61. The minimum absolute atomic E-state index is 0.107. The largest absolute Gasteiger partial charge is 0.435 e. The van der Waals surface area contributed by atoms with Crippen LogP contribution in [-0.4, -0.2) is 4.98 Å². The van der Waals surface area contributed by atoms with Gasteiger partial charge in [-0.25, -0.2) is 4.98 Å². The van der Waals surface area contributed by atoms with Crippen LogP contribution in [0, 0.1) is 18.3 Å². The predicted molar refractivity (Wildman–Crippen MR) is 69.6 cm³/mol. The topological polar surface area (TPSA) is 71.9 Å². The highest BCUT2D eigenvalue weighted by molar-refractivity contribution is 5.59. The molecule has 21 heavy (non-hydrogen) atoms. The molecular formula is C14H10F3N3O. The Kier molecular flexibility index (Phi) is 3.72. The second kappa shape index (κ2) is 5.32. The lowest BCUT2D eigenvalue weighted by Gasteiger charge is -2.12. The third-order valence-electron chi connectivity index (χ3n) is 2.76. The highest BCUT2D eigenvalue weighted by Crippen LogP contribution is 2.33. The first-order valence-corrected chi connectivity index (χ1v) is 5.84. The zero-order valence-corrected chi connectivity index (χ0v) is 10.9. The lowest BCUT2D eigenvalue weighted by molar-refractivity contribution is -0.141. The quantitative estimate of drug-likeness (QED) is 0.858. The van der Waals surface area contributed by atoms with E-state index in [2.05, 4.69) is 4.98 Å². The van der Waals surface area contributed by atoms with Crippen LogP contribution in [0.3, 0.4) is 0 Å². The number of rotatable bonds is 2. The number of anilines is 1. The number of alkyl halides is 3. The lowest BCUT2D eigenvalue weighted by Crippen LogP contribution is -2.09. The van der Waals surface area contributed by atoms with Gasteiger partial charge in [0.05, 0.1) is 5.69 Å². The van der Waals surface area contributed by atoms with E-state index in [1.54, 1.807) is 25.1 Å². The van der Waals surface area contributed by atoms with E-state index in [4.69, 9.17) is 15.7 Å². The first kappa shape index (κ1) is 14.7. The summed E-state index contributed by atoms with van der Waals surface area (Å²) < 4.78 is 43.3. The molecule has 2 N–H and O–H groups in total. The molecule has 1 heterocycles. The number of nitrogens with zero attached hydrogens (tertiary/aromatic N) is 2. The Morgan fingerprint density at radius 2 is 1.95 bits per heavy atom. The molecule has 0 atom stereocenters. The van der Waals surface area contributed by atoms with Gasteiger partial charge in [-0.2, -0.15) is 18.4 Å². The van der Waals surface area contributed by atoms with Gasteiger partial charge in [-0.05, 0) is 30.7 Å². The van der Waals surface area contributed by atoms with Crippen LogP contribution in [0.15, 0.2) is 30.3 Å². The van der Waals surface area contributed by atoms with E-state index in [-0.39, 0.29) is 17.0 Å². The van der Waals surface area contributed by atoms with Crippen LogP contribution >= 0.6 is 0 Å². The monoisotopic (exact) mass is 293 g/mol. The van der Waals surface area contributed by atoms with Crippen LogP contribution < -0.4 is 10.5 Å². The zero-order chi connectivity index (χ0) is 15.6. The minimum atomic E-state index is -4.62. The SMILES string of the molecule is Cc1cccc(Oc2nc(C(F)(F)F)ccc2C#N)c1N. The van der Waals surface area contributed by atoms with Gasteiger partial charge in [0.15, 0.2) is 5.75 Å². The molecule has 0 amide bonds. The van der Waals surface area contributed by atoms with Crippen LogP contribution in [0.2, 0.25) is 0 Å². The summed E-state index contributed by atoms with van der Waals surface area (Å²) >= 11 is 0. The van der Waals surface area contributed by atoms with Crippen LogP contribution in [0.4, 0.5) is 18.9 Å². The van der Waals surface area contributed by atoms with Crippen molar-refractivity contribution in [2.75, 3.05) is 5.73 Å². The summed E-state index contributed by atoms with van der Waals surface area (Å²) in [5, 5.41) is 8.93. The average Bonchev–Trinajstić information content (AvgIpc) is 2.43. The second-order valence-electron chi connectivity index (χ2n) is 4.25. The molecular weight excluding hydrogens is 283 g/mol. The van der Waals surface area contributed by atoms with Crippen molar-refractivity contribution in [3.05, 3.63) is 47.2 Å². The summed E-state index contributed by atoms with van der Waals surface area (Å²) in [6.45, 7) is 1.73. The average molecular weight is 293 g/mol. The van der Waals surface area contributed by atoms with Gasteiger partial charge in [-0.15, -0.1) is 0 Å². The molecule has 1 aromatic carbocycles. The molecule has 2 rings (SSSR count). The summed E-state index contributed by atoms with van der Waals surface area (Å²) in [5.74, 6) is -0.275. The Labute approximate surface area is 118 Å². The van der Waals surface area contributed by atoms with Crippen LogP contribution in [0.5, 0.6) is 11.6 Å². The first-order valence-electron chi connectivity index (χ1n) is 5.84. The van der Waals surface area contributed by atoms with E-state index in [1.165, 1.54) is 6.07 Å². The van der Waals surface area contributed by atoms with Crippen molar-refractivity contribution in [2.24, 2.45) is 0 Å². The molecule has 0 saturated carbocycles. The molecule has 4 nitrogen and oxygen atoms in total. The highest BCUT2D eigenvalue weighted by atomic mass is 19.4. The highest BCUT2D eigenvalue weighted by Gasteiger charge is 2.33. The molecule has 1 aromatic heterocycles. The number of aromatic nitrogens is 1. The molecule has 0 bridgehead atoms. The van der Waals surface area contributed by atoms with E-state index in [1.807, 2.05) is 0 Å². The van der Waals surface area contributed by atoms with Crippen molar-refractivity contribution in [1.29, 1.82) is 5.26 Å². The fraction of sp³-hybridized carbons (Fsp3) is 0.143. The lowest BCUT2D eigenvalue weighted by atomic mass is 10.2. The maximum Gasteiger partial charge on any atom is 0.433 e. The normalized spacial score (nSPS) is 11.0. The molecule has 0 saturated heterocycles. The molecule has 0 unspecified atom stereocenters. The Morgan fingerprint density at radius 1 is 1.24 bits per heavy atom. The molecule has 0 aliphatic carbocycles. The van der Waals surface area contributed by atoms with Gasteiger partial charge in [0.25, 0.3) is 0 Å². The minimum Gasteiger partial charge on any atom is -0.435 e. The summed E-state index contributed by atoms with van der Waals surface area (Å²) in [6, 6.07) is 8.33. The van der Waals surface area contributed by atoms with Gasteiger partial charge >= 0.3 is 6.18 Å². The van der Waals surface area contributed by atoms with Crippen LogP contribution in [0.1, 0.15) is 16.8 Å². The number of nitriles is 1. The van der Waals surface area contributed by atoms with Gasteiger partial charge in [0.2, 0.25) is 5.88 Å². The number of ether oxygens (including phenoxy) is 1. The van der Waals surface area contributed by atoms with E-state index in [0.717, 1.165) is 12.1 Å². The smallest absolute Gasteiger partial charge is 0.433 e. The standard InChI is InChI=1S/C14H10F3N3O/c1-8-3-2-4-10(12(8)19)21-13-9(7-18)5-6-11(20-13)14(15,16)17/h2-6H,19H2,1H3. The Morgan fingerprint density at radius 3 is 2.57 bits per heavy atom. The number of halogens is 3. The zero-order valence-electron chi connectivity index (χ0n) is 10.9. The Balaban J connectivity index is 2.48. The van der Waals surface area contributed by atoms with Gasteiger partial charge in [-0.3, -0.25) is 0 Å². The number of hydrogen-bond acceptors (Lipinski definition) is 4. The third-order valence-corrected chi connectivity index (χ3v) is 2.76. The molecule has 2 aromatic rings. The fourth-order valence-electron chi connectivity index (χ4n) is 1.61. The van der Waals surface area contributed by atoms with E-state index in [9.17, 15) is 13.2 Å². The molecule has 108 valence electrons. The molecule has 0 aliphatic heterocycles. The number of benzene rings is 1. The van der Waals surface area contributed by atoms with E-state index in [0.29, 0.717) is 5.56 Å². The van der Waals surface area contributed by atoms with Gasteiger partial charge in [0.1, 0.15) is 17.3 Å². The molecule has 0 aliphatic rings. The van der Waals surface area contributed by atoms with E-state index < -0.39 is 17.8 Å². The van der Waals surface area contributed by atoms with Crippen molar-refractivity contribution < 1.29 is 17.9 Å². The number of aryl methyl sites for hydroxylation is 1. The summed E-state index contributed by atoms with van der Waals surface area (Å²) in [4.78, 5) is 3.36. The first-order chi connectivity index (χ1) is 9.82. The predicted octanol–water partition coefficient (Wildman–Crippen LogP) is 3.66. The van der Waals surface area contributed by atoms with Gasteiger partial charge in [-0.1, -0.05) is 12.1 Å². The molecule has 0 radical (unpaired) electrons. The van der Waals surface area contributed by atoms with E-state index >= 15 is 0 Å². The van der Waals surface area contributed by atoms with Crippen molar-refractivity contribution in [2.45, 2.75) is 13.1 Å². The van der Waals surface area contributed by atoms with Crippen LogP contribution in [-0.2, 0) is 6.18 Å². The van der Waals surface area contributed by atoms with Crippen molar-refractivity contribution in [1.82, 2.24) is 4.98 Å². The summed E-state index contributed by atoms with van der Waals surface area (Å²) in [6.07, 6.45) is -4.62. The Bertz CT molecular complexity index is 720. The second-order valence-corrected chi connectivity index (χ2v) is 4.25. The summed E-state index contributed by atoms with van der Waals surface area (Å²) in [5.41, 5.74) is 5.53. The number of hydrogen-bond donors (Lipinski definition) is 1. The van der Waals surface area contributed by atoms with Gasteiger partial charge in [0, 0.05) is 0 Å². The molecule has 0 spiro atoms. The van der Waals surface area contributed by atoms with Crippen molar-refractivity contribution >= 4 is 5.69 Å². The summed E-state index contributed by atoms with van der Waals surface area (Å²) in [7, 11) is 0. The maximum absolute atomic E-state index is 12.7. The molecule has 7 heteroatoms. The maximum atomic E-state index is 12.7. The molecule has 0 fully saturated rings. The van der Waals surface area contributed by atoms with Crippen molar-refractivity contribution in [3.63, 3.8) is 0 Å².